The summed E-state index contributed by atoms with van der Waals surface area (Å²) in [4.78, 5) is 0. The molecule has 2 unspecified atom stereocenters. The molecule has 2 nitrogen and oxygen atoms in total. The van der Waals surface area contributed by atoms with E-state index in [9.17, 15) is 0 Å². The fourth-order valence-corrected chi connectivity index (χ4v) is 1.50. The van der Waals surface area contributed by atoms with E-state index in [0.29, 0.717) is 6.10 Å². The third kappa shape index (κ3) is 1.97. The molecular weight excluding hydrogens is 261 g/mol. The number of ether oxygens (including phenoxy) is 2. The van der Waals surface area contributed by atoms with E-state index in [1.54, 1.807) is 0 Å². The van der Waals surface area contributed by atoms with Crippen LogP contribution >= 0.6 is 0 Å². The minimum absolute atomic E-state index is 0. The van der Waals surface area contributed by atoms with Crippen molar-refractivity contribution >= 4 is 0 Å². The Hall–Kier alpha value is 0.123. The molecule has 0 aromatic heterocycles. The zero-order valence-corrected chi connectivity index (χ0v) is 11.1. The van der Waals surface area contributed by atoms with Crippen molar-refractivity contribution in [2.75, 3.05) is 0 Å². The maximum absolute atomic E-state index is 5.48. The molecule has 1 aromatic carbocycles. The van der Waals surface area contributed by atoms with Gasteiger partial charge in [0.1, 0.15) is 11.9 Å². The molecule has 13 heavy (non-hydrogen) atoms. The SMILES string of the molecule is [Fe].[Zn].c1ccc2c(c1)CC1OC1O2. The van der Waals surface area contributed by atoms with Gasteiger partial charge in [0.2, 0.25) is 6.29 Å². The van der Waals surface area contributed by atoms with E-state index in [0.717, 1.165) is 12.2 Å². The van der Waals surface area contributed by atoms with E-state index in [-0.39, 0.29) is 42.8 Å². The van der Waals surface area contributed by atoms with Crippen molar-refractivity contribution in [1.82, 2.24) is 0 Å². The molecular formula is C9H8FeO2Zn. The van der Waals surface area contributed by atoms with Crippen LogP contribution in [0, 0.1) is 0 Å². The predicted octanol–water partition coefficient (Wildman–Crippen LogP) is 1.34. The second-order valence-corrected chi connectivity index (χ2v) is 2.97. The molecule has 0 bridgehead atoms. The largest absolute Gasteiger partial charge is 0.462 e. The molecule has 3 rings (SSSR count). The number of hydrogen-bond acceptors (Lipinski definition) is 2. The summed E-state index contributed by atoms with van der Waals surface area (Å²) in [7, 11) is 0. The second kappa shape index (κ2) is 4.10. The molecule has 2 atom stereocenters. The van der Waals surface area contributed by atoms with Crippen LogP contribution in [0.2, 0.25) is 0 Å². The van der Waals surface area contributed by atoms with Gasteiger partial charge < -0.3 is 9.47 Å². The summed E-state index contributed by atoms with van der Waals surface area (Å²) < 4.78 is 10.7. The Labute approximate surface area is 100 Å². The average Bonchev–Trinajstić information content (AvgIpc) is 2.77. The maximum Gasteiger partial charge on any atom is 0.227 e. The van der Waals surface area contributed by atoms with Crippen molar-refractivity contribution in [3.8, 4) is 5.75 Å². The van der Waals surface area contributed by atoms with Crippen molar-refractivity contribution in [2.24, 2.45) is 0 Å². The van der Waals surface area contributed by atoms with E-state index in [2.05, 4.69) is 6.07 Å². The Bertz CT molecular complexity index is 276. The Kier molecular flexibility index (Phi) is 3.53. The van der Waals surface area contributed by atoms with Crippen LogP contribution in [-0.4, -0.2) is 12.4 Å². The Morgan fingerprint density at radius 2 is 2.00 bits per heavy atom. The summed E-state index contributed by atoms with van der Waals surface area (Å²) >= 11 is 0. The van der Waals surface area contributed by atoms with Crippen molar-refractivity contribution in [3.05, 3.63) is 29.8 Å². The molecule has 2 heterocycles. The fraction of sp³-hybridized carbons (Fsp3) is 0.333. The molecule has 2 aliphatic rings. The summed E-state index contributed by atoms with van der Waals surface area (Å²) in [6, 6.07) is 8.10. The first-order valence-electron chi connectivity index (χ1n) is 3.83. The molecule has 4 heteroatoms. The molecule has 0 amide bonds. The molecule has 0 spiro atoms. The van der Waals surface area contributed by atoms with E-state index < -0.39 is 0 Å². The van der Waals surface area contributed by atoms with Gasteiger partial charge in [-0.25, -0.2) is 0 Å². The molecule has 0 aliphatic carbocycles. The minimum Gasteiger partial charge on any atom is -0.462 e. The van der Waals surface area contributed by atoms with Gasteiger partial charge in [-0.15, -0.1) is 0 Å². The van der Waals surface area contributed by atoms with Gasteiger partial charge in [-0.3, -0.25) is 0 Å². The van der Waals surface area contributed by atoms with E-state index in [4.69, 9.17) is 9.47 Å². The van der Waals surface area contributed by atoms with E-state index in [1.807, 2.05) is 18.2 Å². The Balaban J connectivity index is 0.000000422. The van der Waals surface area contributed by atoms with E-state index >= 15 is 0 Å². The van der Waals surface area contributed by atoms with Crippen LogP contribution in [0.5, 0.6) is 5.75 Å². The molecule has 1 aromatic rings. The first kappa shape index (κ1) is 11.2. The van der Waals surface area contributed by atoms with Crippen molar-refractivity contribution in [2.45, 2.75) is 18.8 Å². The van der Waals surface area contributed by atoms with Gasteiger partial charge in [0, 0.05) is 43.0 Å². The third-order valence-electron chi connectivity index (χ3n) is 2.17. The van der Waals surface area contributed by atoms with Crippen molar-refractivity contribution < 1.29 is 46.0 Å². The first-order chi connectivity index (χ1) is 5.43. The summed E-state index contributed by atoms with van der Waals surface area (Å²) in [6.45, 7) is 0. The van der Waals surface area contributed by atoms with Crippen LogP contribution in [0.25, 0.3) is 0 Å². The summed E-state index contributed by atoms with van der Waals surface area (Å²) in [6.07, 6.45) is 1.41. The van der Waals surface area contributed by atoms with E-state index in [1.165, 1.54) is 5.56 Å². The quantitative estimate of drug-likeness (QED) is 0.524. The van der Waals surface area contributed by atoms with Crippen LogP contribution in [0.15, 0.2) is 24.3 Å². The smallest absolute Gasteiger partial charge is 0.227 e. The topological polar surface area (TPSA) is 21.8 Å². The van der Waals surface area contributed by atoms with Gasteiger partial charge in [-0.2, -0.15) is 0 Å². The van der Waals surface area contributed by atoms with Gasteiger partial charge in [-0.1, -0.05) is 18.2 Å². The van der Waals surface area contributed by atoms with Crippen LogP contribution in [0.3, 0.4) is 0 Å². The average molecular weight is 269 g/mol. The van der Waals surface area contributed by atoms with Gasteiger partial charge in [0.15, 0.2) is 0 Å². The molecule has 1 fully saturated rings. The van der Waals surface area contributed by atoms with Gasteiger partial charge >= 0.3 is 0 Å². The molecule has 0 radical (unpaired) electrons. The van der Waals surface area contributed by atoms with Crippen LogP contribution in [0.1, 0.15) is 5.56 Å². The third-order valence-corrected chi connectivity index (χ3v) is 2.17. The zero-order chi connectivity index (χ0) is 7.26. The first-order valence-corrected chi connectivity index (χ1v) is 3.83. The number of hydrogen-bond donors (Lipinski definition) is 0. The molecule has 1 saturated heterocycles. The van der Waals surface area contributed by atoms with Gasteiger partial charge in [0.25, 0.3) is 0 Å². The zero-order valence-electron chi connectivity index (χ0n) is 7.05. The summed E-state index contributed by atoms with van der Waals surface area (Å²) in [5.41, 5.74) is 1.27. The van der Waals surface area contributed by atoms with Crippen LogP contribution < -0.4 is 4.74 Å². The number of benzene rings is 1. The number of para-hydroxylation sites is 1. The second-order valence-electron chi connectivity index (χ2n) is 2.97. The standard InChI is InChI=1S/C9H8O2.Fe.Zn/c1-2-4-7-6(3-1)5-8-9(10-7)11-8;;/h1-4,8-9H,5H2;;. The fourth-order valence-electron chi connectivity index (χ4n) is 1.50. The molecule has 2 aliphatic heterocycles. The van der Waals surface area contributed by atoms with Gasteiger partial charge in [-0.05, 0) is 11.6 Å². The normalized spacial score (nSPS) is 26.8. The monoisotopic (exact) mass is 268 g/mol. The van der Waals surface area contributed by atoms with Crippen molar-refractivity contribution in [3.63, 3.8) is 0 Å². The van der Waals surface area contributed by atoms with Gasteiger partial charge in [0.05, 0.1) is 0 Å². The number of rotatable bonds is 0. The molecule has 0 N–H and O–H groups in total. The number of epoxide rings is 1. The maximum atomic E-state index is 5.48. The predicted molar refractivity (Wildman–Crippen MR) is 39.4 cm³/mol. The summed E-state index contributed by atoms with van der Waals surface area (Å²) in [5, 5.41) is 0. The minimum atomic E-state index is 0. The Morgan fingerprint density at radius 3 is 2.85 bits per heavy atom. The van der Waals surface area contributed by atoms with Crippen LogP contribution in [0.4, 0.5) is 0 Å². The molecule has 66 valence electrons. The number of fused-ring (bicyclic) bond motifs is 2. The van der Waals surface area contributed by atoms with Crippen LogP contribution in [-0.2, 0) is 47.7 Å². The molecule has 0 saturated carbocycles. The Morgan fingerprint density at radius 1 is 1.23 bits per heavy atom. The van der Waals surface area contributed by atoms with Crippen molar-refractivity contribution in [1.29, 1.82) is 0 Å². The summed E-state index contributed by atoms with van der Waals surface area (Å²) in [5.74, 6) is 0.992.